The lowest BCUT2D eigenvalue weighted by Gasteiger charge is -2.32. The number of likely N-dealkylation sites (tertiary alicyclic amines) is 1. The topological polar surface area (TPSA) is 49.4 Å². The van der Waals surface area contributed by atoms with Gasteiger partial charge in [-0.05, 0) is 56.2 Å². The van der Waals surface area contributed by atoms with Gasteiger partial charge in [0.25, 0.3) is 5.91 Å². The molecule has 148 valence electrons. The van der Waals surface area contributed by atoms with Crippen LogP contribution in [0.4, 0.5) is 0 Å². The molecule has 2 amide bonds. The van der Waals surface area contributed by atoms with E-state index in [0.717, 1.165) is 50.9 Å². The van der Waals surface area contributed by atoms with Crippen LogP contribution in [0.3, 0.4) is 0 Å². The van der Waals surface area contributed by atoms with E-state index in [2.05, 4.69) is 17.4 Å². The summed E-state index contributed by atoms with van der Waals surface area (Å²) in [6, 6.07) is 17.9. The minimum atomic E-state index is 0.121. The monoisotopic (exact) mass is 378 g/mol. The number of nitrogens with zero attached hydrogens (tertiary/aromatic N) is 1. The molecule has 1 heterocycles. The lowest BCUT2D eigenvalue weighted by molar-refractivity contribution is -0.121. The summed E-state index contributed by atoms with van der Waals surface area (Å²) in [5, 5.41) is 3.05. The van der Waals surface area contributed by atoms with Crippen molar-refractivity contribution in [1.29, 1.82) is 0 Å². The highest BCUT2D eigenvalue weighted by Crippen LogP contribution is 2.21. The molecule has 0 radical (unpaired) electrons. The van der Waals surface area contributed by atoms with Crippen LogP contribution in [0.5, 0.6) is 0 Å². The smallest absolute Gasteiger partial charge is 0.253 e. The predicted octanol–water partition coefficient (Wildman–Crippen LogP) is 3.99. The van der Waals surface area contributed by atoms with Crippen LogP contribution in [0.1, 0.15) is 47.2 Å². The quantitative estimate of drug-likeness (QED) is 0.792. The fourth-order valence-corrected chi connectivity index (χ4v) is 3.71. The van der Waals surface area contributed by atoms with Crippen molar-refractivity contribution in [2.75, 3.05) is 19.6 Å². The Balaban J connectivity index is 1.32. The van der Waals surface area contributed by atoms with Crippen LogP contribution in [0.25, 0.3) is 0 Å². The minimum Gasteiger partial charge on any atom is -0.356 e. The second-order valence-electron chi connectivity index (χ2n) is 7.73. The Kier molecular flexibility index (Phi) is 7.24. The van der Waals surface area contributed by atoms with Crippen molar-refractivity contribution >= 4 is 11.8 Å². The highest BCUT2D eigenvalue weighted by atomic mass is 16.2. The lowest BCUT2D eigenvalue weighted by Crippen LogP contribution is -2.39. The van der Waals surface area contributed by atoms with Crippen molar-refractivity contribution in [2.24, 2.45) is 5.92 Å². The second-order valence-corrected chi connectivity index (χ2v) is 7.73. The molecule has 3 rings (SSSR count). The zero-order valence-corrected chi connectivity index (χ0v) is 16.7. The Bertz CT molecular complexity index is 763. The van der Waals surface area contributed by atoms with Crippen LogP contribution in [-0.2, 0) is 11.2 Å². The molecule has 2 aromatic carbocycles. The largest absolute Gasteiger partial charge is 0.356 e. The summed E-state index contributed by atoms with van der Waals surface area (Å²) < 4.78 is 0. The first-order valence-corrected chi connectivity index (χ1v) is 10.3. The van der Waals surface area contributed by atoms with E-state index in [4.69, 9.17) is 0 Å². The maximum absolute atomic E-state index is 12.6. The molecule has 0 saturated carbocycles. The molecular weight excluding hydrogens is 348 g/mol. The first kappa shape index (κ1) is 20.1. The van der Waals surface area contributed by atoms with Crippen LogP contribution < -0.4 is 5.32 Å². The number of rotatable bonds is 7. The fourth-order valence-electron chi connectivity index (χ4n) is 3.71. The zero-order chi connectivity index (χ0) is 19.8. The van der Waals surface area contributed by atoms with Gasteiger partial charge >= 0.3 is 0 Å². The number of hydrogen-bond acceptors (Lipinski definition) is 2. The molecule has 1 N–H and O–H groups in total. The Morgan fingerprint density at radius 3 is 2.36 bits per heavy atom. The average Bonchev–Trinajstić information content (AvgIpc) is 2.73. The Hall–Kier alpha value is -2.62. The van der Waals surface area contributed by atoms with Crippen molar-refractivity contribution < 1.29 is 9.59 Å². The number of carbonyl (C=O) groups excluding carboxylic acids is 2. The van der Waals surface area contributed by atoms with Gasteiger partial charge in [-0.2, -0.15) is 0 Å². The molecule has 0 spiro atoms. The summed E-state index contributed by atoms with van der Waals surface area (Å²) in [5.74, 6) is 0.833. The average molecular weight is 379 g/mol. The highest BCUT2D eigenvalue weighted by molar-refractivity contribution is 5.94. The minimum absolute atomic E-state index is 0.121. The van der Waals surface area contributed by atoms with Crippen LogP contribution in [0, 0.1) is 12.8 Å². The summed E-state index contributed by atoms with van der Waals surface area (Å²) in [6.45, 7) is 4.36. The van der Waals surface area contributed by atoms with Crippen molar-refractivity contribution in [3.63, 3.8) is 0 Å². The van der Waals surface area contributed by atoms with Gasteiger partial charge in [0.15, 0.2) is 0 Å². The normalized spacial score (nSPS) is 14.7. The Morgan fingerprint density at radius 2 is 1.68 bits per heavy atom. The predicted molar refractivity (Wildman–Crippen MR) is 112 cm³/mol. The molecule has 4 heteroatoms. The van der Waals surface area contributed by atoms with Gasteiger partial charge in [0.05, 0.1) is 0 Å². The standard InChI is InChI=1S/C24H30N2O2/c1-19-7-10-22(11-8-19)24(28)26-17-14-21(15-18-26)13-16-25-23(27)12-9-20-5-3-2-4-6-20/h2-8,10-11,21H,9,12-18H2,1H3,(H,25,27). The molecule has 2 aromatic rings. The van der Waals surface area contributed by atoms with E-state index >= 15 is 0 Å². The molecule has 28 heavy (non-hydrogen) atoms. The van der Waals surface area contributed by atoms with E-state index in [1.54, 1.807) is 0 Å². The number of amides is 2. The molecule has 0 aliphatic carbocycles. The first-order valence-electron chi connectivity index (χ1n) is 10.3. The first-order chi connectivity index (χ1) is 13.6. The molecule has 0 atom stereocenters. The number of hydrogen-bond donors (Lipinski definition) is 1. The summed E-state index contributed by atoms with van der Waals surface area (Å²) >= 11 is 0. The van der Waals surface area contributed by atoms with Gasteiger partial charge in [-0.25, -0.2) is 0 Å². The van der Waals surface area contributed by atoms with Crippen LogP contribution in [-0.4, -0.2) is 36.3 Å². The SMILES string of the molecule is Cc1ccc(C(=O)N2CCC(CCNC(=O)CCc3ccccc3)CC2)cc1. The molecule has 1 fully saturated rings. The van der Waals surface area contributed by atoms with Crippen molar-refractivity contribution in [2.45, 2.75) is 39.0 Å². The molecular formula is C24H30N2O2. The van der Waals surface area contributed by atoms with Crippen LogP contribution in [0.15, 0.2) is 54.6 Å². The number of piperidine rings is 1. The van der Waals surface area contributed by atoms with Gasteiger partial charge in [0.1, 0.15) is 0 Å². The van der Waals surface area contributed by atoms with Crippen LogP contribution in [0.2, 0.25) is 0 Å². The zero-order valence-electron chi connectivity index (χ0n) is 16.7. The maximum atomic E-state index is 12.6. The van der Waals surface area contributed by atoms with E-state index in [0.29, 0.717) is 12.3 Å². The van der Waals surface area contributed by atoms with E-state index in [-0.39, 0.29) is 11.8 Å². The van der Waals surface area contributed by atoms with Gasteiger partial charge in [-0.1, -0.05) is 48.0 Å². The summed E-state index contributed by atoms with van der Waals surface area (Å²) in [6.07, 6.45) is 4.33. The van der Waals surface area contributed by atoms with E-state index in [9.17, 15) is 9.59 Å². The molecule has 0 bridgehead atoms. The van der Waals surface area contributed by atoms with E-state index in [1.807, 2.05) is 54.3 Å². The number of aryl methyl sites for hydroxylation is 2. The molecule has 0 aromatic heterocycles. The lowest BCUT2D eigenvalue weighted by atomic mass is 9.93. The summed E-state index contributed by atoms with van der Waals surface area (Å²) in [4.78, 5) is 26.6. The Morgan fingerprint density at radius 1 is 1.00 bits per heavy atom. The molecule has 1 saturated heterocycles. The van der Waals surface area contributed by atoms with Gasteiger partial charge in [0.2, 0.25) is 5.91 Å². The van der Waals surface area contributed by atoms with Crippen molar-refractivity contribution in [1.82, 2.24) is 10.2 Å². The molecule has 4 nitrogen and oxygen atoms in total. The Labute approximate surface area is 167 Å². The van der Waals surface area contributed by atoms with E-state index in [1.165, 1.54) is 11.1 Å². The fraction of sp³-hybridized carbons (Fsp3) is 0.417. The molecule has 0 unspecified atom stereocenters. The second kappa shape index (κ2) is 10.1. The van der Waals surface area contributed by atoms with E-state index < -0.39 is 0 Å². The van der Waals surface area contributed by atoms with Gasteiger partial charge < -0.3 is 10.2 Å². The number of nitrogens with one attached hydrogen (secondary N) is 1. The molecule has 1 aliphatic heterocycles. The number of carbonyl (C=O) groups is 2. The molecule has 1 aliphatic rings. The summed E-state index contributed by atoms with van der Waals surface area (Å²) in [5.41, 5.74) is 3.14. The van der Waals surface area contributed by atoms with Gasteiger partial charge in [0, 0.05) is 31.6 Å². The maximum Gasteiger partial charge on any atom is 0.253 e. The third kappa shape index (κ3) is 5.95. The van der Waals surface area contributed by atoms with Crippen molar-refractivity contribution in [3.05, 3.63) is 71.3 Å². The third-order valence-electron chi connectivity index (χ3n) is 5.56. The highest BCUT2D eigenvalue weighted by Gasteiger charge is 2.23. The van der Waals surface area contributed by atoms with Gasteiger partial charge in [-0.15, -0.1) is 0 Å². The third-order valence-corrected chi connectivity index (χ3v) is 5.56. The number of benzene rings is 2. The van der Waals surface area contributed by atoms with Crippen molar-refractivity contribution in [3.8, 4) is 0 Å². The van der Waals surface area contributed by atoms with Gasteiger partial charge in [-0.3, -0.25) is 9.59 Å². The summed E-state index contributed by atoms with van der Waals surface area (Å²) in [7, 11) is 0. The van der Waals surface area contributed by atoms with Crippen LogP contribution >= 0.6 is 0 Å².